The molecule has 1 heterocycles. The minimum atomic E-state index is -5.02. The van der Waals surface area contributed by atoms with Crippen molar-refractivity contribution in [2.45, 2.75) is 71.3 Å². The molecule has 4 aromatic carbocycles. The molecule has 2 amide bonds. The Balaban J connectivity index is 1.72. The SMILES string of the molecule is CC(=O)OCC(=O)OP(c1ccccc1)(c1ccccc1)(c1ccccc1)N1C(=O)[C@H]([C@@H](C)O[Si](C)(C)C(C)(C)C)[C@H]1CC(=O)c1ccc(OCC(=O)NCCO)cc1. The van der Waals surface area contributed by atoms with E-state index >= 15 is 4.79 Å². The van der Waals surface area contributed by atoms with Crippen molar-refractivity contribution >= 4 is 60.7 Å². The van der Waals surface area contributed by atoms with Crippen LogP contribution in [-0.2, 0) is 32.9 Å². The summed E-state index contributed by atoms with van der Waals surface area (Å²) in [5, 5.41) is 12.9. The predicted molar refractivity (Wildman–Crippen MR) is 231 cm³/mol. The maximum atomic E-state index is 15.6. The van der Waals surface area contributed by atoms with Gasteiger partial charge in [0.05, 0.1) is 6.61 Å². The summed E-state index contributed by atoms with van der Waals surface area (Å²) in [6.07, 6.45) is -0.802. The number of aliphatic hydroxyl groups is 1. The van der Waals surface area contributed by atoms with Gasteiger partial charge in [-0.2, -0.15) is 0 Å². The number of Topliss-reactive ketones (excluding diaryl/α,β-unsaturated/α-hetero) is 1. The van der Waals surface area contributed by atoms with Crippen molar-refractivity contribution in [3.8, 4) is 5.75 Å². The average molecular weight is 843 g/mol. The van der Waals surface area contributed by atoms with Gasteiger partial charge in [0, 0.05) is 6.54 Å². The zero-order valence-corrected chi connectivity index (χ0v) is 36.6. The quantitative estimate of drug-likeness (QED) is 0.0434. The van der Waals surface area contributed by atoms with E-state index in [1.165, 1.54) is 6.92 Å². The summed E-state index contributed by atoms with van der Waals surface area (Å²) < 4.78 is 26.4. The Bertz CT molecular complexity index is 2010. The standard InChI is InChI=1S/C45H55N2O10PSi/c1-32(57-59(6,7)45(3,4)5)43-39(29-40(50)34-23-25-35(26-24-34)55-30-41(51)46-27-28-48)47(44(43)53)58(36-17-11-8-12-18-36,37-19-13-9-14-20-37,38-21-15-10-16-22-38)56-42(52)31-54-33(2)49/h8-26,32,39,43,48H,27-31H2,1-7H3,(H,46,51)/t32-,39-,43-/m1/s1. The van der Waals surface area contributed by atoms with Crippen molar-refractivity contribution in [1.29, 1.82) is 0 Å². The molecule has 2 N–H and O–H groups in total. The second-order valence-corrected chi connectivity index (χ2v) is 25.0. The summed E-state index contributed by atoms with van der Waals surface area (Å²) in [6.45, 7) is 7.54. The number of amides is 2. The molecule has 0 unspecified atom stereocenters. The second-order valence-electron chi connectivity index (χ2n) is 16.1. The first kappa shape index (κ1) is 44.9. The third-order valence-corrected chi connectivity index (χ3v) is 21.4. The maximum absolute atomic E-state index is 15.6. The van der Waals surface area contributed by atoms with Crippen LogP contribution in [0.1, 0.15) is 51.4 Å². The van der Waals surface area contributed by atoms with E-state index < -0.39 is 57.8 Å². The van der Waals surface area contributed by atoms with Gasteiger partial charge in [0.15, 0.2) is 0 Å². The van der Waals surface area contributed by atoms with E-state index in [1.807, 2.05) is 97.9 Å². The van der Waals surface area contributed by atoms with Crippen LogP contribution in [0.2, 0.25) is 18.1 Å². The molecular weight excluding hydrogens is 788 g/mol. The molecule has 3 atom stereocenters. The number of ether oxygens (including phenoxy) is 2. The summed E-state index contributed by atoms with van der Waals surface area (Å²) in [5.41, 5.74) is 0.337. The van der Waals surface area contributed by atoms with Crippen LogP contribution < -0.4 is 26.0 Å². The number of aliphatic hydroxyl groups excluding tert-OH is 1. The number of carbonyl (C=O) groups is 5. The fourth-order valence-corrected chi connectivity index (χ4v) is 14.8. The average Bonchev–Trinajstić information content (AvgIpc) is 3.21. The topological polar surface area (TPSA) is 158 Å². The van der Waals surface area contributed by atoms with Crippen LogP contribution in [-0.4, -0.2) is 86.1 Å². The van der Waals surface area contributed by atoms with Gasteiger partial charge in [-0.1, -0.05) is 0 Å². The Kier molecular flexibility index (Phi) is 14.0. The summed E-state index contributed by atoms with van der Waals surface area (Å²) in [6, 6.07) is 32.9. The van der Waals surface area contributed by atoms with Crippen molar-refractivity contribution in [2.75, 3.05) is 26.4 Å². The monoisotopic (exact) mass is 842 g/mol. The van der Waals surface area contributed by atoms with E-state index in [-0.39, 0.29) is 42.9 Å². The number of carbonyl (C=O) groups excluding carboxylic acids is 5. The van der Waals surface area contributed by atoms with Gasteiger partial charge in [-0.25, -0.2) is 0 Å². The number of ketones is 1. The first-order valence-corrected chi connectivity index (χ1v) is 24.7. The normalized spacial score (nSPS) is 16.8. The van der Waals surface area contributed by atoms with E-state index in [2.05, 4.69) is 39.2 Å². The molecule has 0 saturated carbocycles. The molecule has 0 aliphatic carbocycles. The molecular formula is C45H55N2O10PSi. The van der Waals surface area contributed by atoms with Gasteiger partial charge in [0.2, 0.25) is 0 Å². The van der Waals surface area contributed by atoms with E-state index in [0.29, 0.717) is 27.2 Å². The Morgan fingerprint density at radius 2 is 1.32 bits per heavy atom. The van der Waals surface area contributed by atoms with Gasteiger partial charge in [-0.05, 0) is 0 Å². The molecule has 14 heteroatoms. The Hall–Kier alpha value is -5.20. The number of hydrogen-bond acceptors (Lipinski definition) is 10. The zero-order chi connectivity index (χ0) is 43.0. The molecule has 0 bridgehead atoms. The van der Waals surface area contributed by atoms with Crippen molar-refractivity contribution < 1.29 is 47.5 Å². The third-order valence-electron chi connectivity index (χ3n) is 11.2. The summed E-state index contributed by atoms with van der Waals surface area (Å²) >= 11 is 0. The number of nitrogens with zero attached hydrogens (tertiary/aromatic N) is 1. The van der Waals surface area contributed by atoms with E-state index in [1.54, 1.807) is 28.9 Å². The Morgan fingerprint density at radius 1 is 0.814 bits per heavy atom. The Morgan fingerprint density at radius 3 is 1.78 bits per heavy atom. The van der Waals surface area contributed by atoms with Crippen LogP contribution in [0.25, 0.3) is 0 Å². The van der Waals surface area contributed by atoms with Crippen molar-refractivity contribution in [1.82, 2.24) is 9.99 Å². The van der Waals surface area contributed by atoms with E-state index in [0.717, 1.165) is 0 Å². The fourth-order valence-electron chi connectivity index (χ4n) is 7.43. The zero-order valence-electron chi connectivity index (χ0n) is 34.8. The van der Waals surface area contributed by atoms with Crippen molar-refractivity contribution in [2.24, 2.45) is 5.92 Å². The Labute approximate surface area is 347 Å². The van der Waals surface area contributed by atoms with Crippen LogP contribution in [0.4, 0.5) is 0 Å². The van der Waals surface area contributed by atoms with Gasteiger partial charge >= 0.3 is 330 Å². The molecule has 1 aliphatic rings. The molecule has 0 aromatic heterocycles. The van der Waals surface area contributed by atoms with Crippen molar-refractivity contribution in [3.05, 3.63) is 121 Å². The molecule has 314 valence electrons. The molecule has 1 fully saturated rings. The summed E-state index contributed by atoms with van der Waals surface area (Å²) in [4.78, 5) is 68.6. The van der Waals surface area contributed by atoms with Gasteiger partial charge < -0.3 is 5.11 Å². The molecule has 0 spiro atoms. The van der Waals surface area contributed by atoms with Crippen LogP contribution in [0.15, 0.2) is 115 Å². The molecule has 0 radical (unpaired) electrons. The van der Waals surface area contributed by atoms with Gasteiger partial charge in [-0.3, -0.25) is 0 Å². The second kappa shape index (κ2) is 18.4. The predicted octanol–water partition coefficient (Wildman–Crippen LogP) is 5.45. The van der Waals surface area contributed by atoms with E-state index in [9.17, 15) is 19.2 Å². The summed E-state index contributed by atoms with van der Waals surface area (Å²) in [7, 11) is -2.47. The number of benzene rings is 4. The van der Waals surface area contributed by atoms with Crippen LogP contribution in [0.3, 0.4) is 0 Å². The van der Waals surface area contributed by atoms with Crippen LogP contribution in [0, 0.1) is 5.92 Å². The first-order chi connectivity index (χ1) is 28.0. The third kappa shape index (κ3) is 9.03. The van der Waals surface area contributed by atoms with Crippen molar-refractivity contribution in [3.63, 3.8) is 0 Å². The molecule has 59 heavy (non-hydrogen) atoms. The summed E-state index contributed by atoms with van der Waals surface area (Å²) in [5.74, 6) is -3.06. The van der Waals surface area contributed by atoms with Crippen LogP contribution >= 0.6 is 6.98 Å². The molecule has 12 nitrogen and oxygen atoms in total. The van der Waals surface area contributed by atoms with Gasteiger partial charge in [0.25, 0.3) is 0 Å². The minimum absolute atomic E-state index is 0.103. The van der Waals surface area contributed by atoms with Gasteiger partial charge in [0.1, 0.15) is 0 Å². The number of nitrogens with one attached hydrogen (secondary N) is 1. The van der Waals surface area contributed by atoms with Crippen LogP contribution in [0.5, 0.6) is 5.75 Å². The van der Waals surface area contributed by atoms with E-state index in [4.69, 9.17) is 23.5 Å². The molecule has 4 aromatic rings. The molecule has 1 aliphatic heterocycles. The number of esters is 1. The number of β-lactam (4-membered cyclic amide) rings is 1. The first-order valence-electron chi connectivity index (χ1n) is 19.7. The number of hydrogen-bond donors (Lipinski definition) is 2. The molecule has 1 saturated heterocycles. The van der Waals surface area contributed by atoms with Gasteiger partial charge in [-0.15, -0.1) is 0 Å². The number of rotatable bonds is 18. The molecule has 5 rings (SSSR count). The fraction of sp³-hybridized carbons (Fsp3) is 0.356.